The van der Waals surface area contributed by atoms with Gasteiger partial charge in [-0.25, -0.2) is 0 Å². The van der Waals surface area contributed by atoms with Gasteiger partial charge in [0, 0.05) is 11.3 Å². The number of hydrogen-bond acceptors (Lipinski definition) is 3. The van der Waals surface area contributed by atoms with Crippen LogP contribution in [0.1, 0.15) is 26.2 Å². The summed E-state index contributed by atoms with van der Waals surface area (Å²) >= 11 is 0. The molecule has 2 atom stereocenters. The largest absolute Gasteiger partial charge is 0.453 e. The predicted molar refractivity (Wildman–Crippen MR) is 103 cm³/mol. The average Bonchev–Trinajstić information content (AvgIpc) is 3.15. The summed E-state index contributed by atoms with van der Waals surface area (Å²) < 4.78 is 5.31. The summed E-state index contributed by atoms with van der Waals surface area (Å²) in [5.41, 5.74) is 2.64. The third-order valence-electron chi connectivity index (χ3n) is 4.49. The molecule has 26 heavy (non-hydrogen) atoms. The van der Waals surface area contributed by atoms with Crippen LogP contribution >= 0.6 is 0 Å². The number of benzene rings is 2. The number of hydrogen-bond donors (Lipinski definition) is 1. The summed E-state index contributed by atoms with van der Waals surface area (Å²) in [5, 5.41) is 2.88. The van der Waals surface area contributed by atoms with Crippen LogP contribution in [0.15, 0.2) is 66.7 Å². The molecule has 4 nitrogen and oxygen atoms in total. The van der Waals surface area contributed by atoms with E-state index in [1.54, 1.807) is 6.92 Å². The summed E-state index contributed by atoms with van der Waals surface area (Å²) in [7, 11) is 0. The van der Waals surface area contributed by atoms with Crippen molar-refractivity contribution in [3.63, 3.8) is 0 Å². The standard InChI is InChI=1S/C22H23NO3/c1-16(26-21(24)15-17-9-5-6-10-17)22(25)23-20-14-8-7-13-19(20)18-11-3-2-4-12-18/h2-5,7-9,11-14,16-17H,6,10,15H2,1H3,(H,23,25)/t16-,17+/m0/s1. The lowest BCUT2D eigenvalue weighted by Gasteiger charge is -2.16. The van der Waals surface area contributed by atoms with Gasteiger partial charge in [0.1, 0.15) is 0 Å². The van der Waals surface area contributed by atoms with Gasteiger partial charge in [-0.15, -0.1) is 0 Å². The van der Waals surface area contributed by atoms with Gasteiger partial charge in [0.05, 0.1) is 6.42 Å². The Labute approximate surface area is 153 Å². The number of esters is 1. The van der Waals surface area contributed by atoms with E-state index in [0.29, 0.717) is 12.1 Å². The van der Waals surface area contributed by atoms with Crippen LogP contribution in [0.2, 0.25) is 0 Å². The first-order valence-corrected chi connectivity index (χ1v) is 8.95. The van der Waals surface area contributed by atoms with Crippen LogP contribution in [0, 0.1) is 5.92 Å². The number of allylic oxidation sites excluding steroid dienone is 2. The SMILES string of the molecule is C[C@H](OC(=O)C[C@@H]1C=CCC1)C(=O)Nc1ccccc1-c1ccccc1. The minimum Gasteiger partial charge on any atom is -0.453 e. The number of para-hydroxylation sites is 1. The molecule has 2 aromatic carbocycles. The third kappa shape index (κ3) is 4.60. The lowest BCUT2D eigenvalue weighted by atomic mass is 10.0. The van der Waals surface area contributed by atoms with Gasteiger partial charge in [-0.3, -0.25) is 9.59 Å². The van der Waals surface area contributed by atoms with Gasteiger partial charge in [0.2, 0.25) is 0 Å². The summed E-state index contributed by atoms with van der Waals surface area (Å²) in [4.78, 5) is 24.5. The molecule has 0 spiro atoms. The summed E-state index contributed by atoms with van der Waals surface area (Å²) in [6, 6.07) is 17.4. The van der Waals surface area contributed by atoms with E-state index in [4.69, 9.17) is 4.74 Å². The zero-order valence-corrected chi connectivity index (χ0v) is 14.9. The van der Waals surface area contributed by atoms with Crippen molar-refractivity contribution in [1.82, 2.24) is 0 Å². The maximum atomic E-state index is 12.5. The highest BCUT2D eigenvalue weighted by atomic mass is 16.5. The Kier molecular flexibility index (Phi) is 5.84. The molecular formula is C22H23NO3. The minimum absolute atomic E-state index is 0.233. The highest BCUT2D eigenvalue weighted by Gasteiger charge is 2.21. The molecule has 0 radical (unpaired) electrons. The first-order valence-electron chi connectivity index (χ1n) is 8.95. The van der Waals surface area contributed by atoms with Gasteiger partial charge in [0.15, 0.2) is 6.10 Å². The molecule has 0 aromatic heterocycles. The van der Waals surface area contributed by atoms with Crippen molar-refractivity contribution in [2.75, 3.05) is 5.32 Å². The maximum Gasteiger partial charge on any atom is 0.307 e. The monoisotopic (exact) mass is 349 g/mol. The molecule has 0 saturated heterocycles. The molecular weight excluding hydrogens is 326 g/mol. The molecule has 0 bridgehead atoms. The number of carbonyl (C=O) groups is 2. The molecule has 1 aliphatic rings. The first kappa shape index (κ1) is 17.9. The Morgan fingerprint density at radius 2 is 1.85 bits per heavy atom. The van der Waals surface area contributed by atoms with Crippen molar-refractivity contribution >= 4 is 17.6 Å². The zero-order chi connectivity index (χ0) is 18.4. The number of amides is 1. The van der Waals surface area contributed by atoms with Crippen LogP contribution < -0.4 is 5.32 Å². The molecule has 4 heteroatoms. The molecule has 0 unspecified atom stereocenters. The van der Waals surface area contributed by atoms with Crippen LogP contribution in [-0.2, 0) is 14.3 Å². The molecule has 1 N–H and O–H groups in total. The van der Waals surface area contributed by atoms with Crippen molar-refractivity contribution in [2.45, 2.75) is 32.3 Å². The van der Waals surface area contributed by atoms with E-state index in [1.165, 1.54) is 0 Å². The molecule has 1 amide bonds. The lowest BCUT2D eigenvalue weighted by molar-refractivity contribution is -0.153. The summed E-state index contributed by atoms with van der Waals surface area (Å²) in [6.45, 7) is 1.60. The Morgan fingerprint density at radius 1 is 1.12 bits per heavy atom. The highest BCUT2D eigenvalue weighted by molar-refractivity contribution is 5.98. The number of ether oxygens (including phenoxy) is 1. The third-order valence-corrected chi connectivity index (χ3v) is 4.49. The van der Waals surface area contributed by atoms with E-state index in [-0.39, 0.29) is 17.8 Å². The van der Waals surface area contributed by atoms with E-state index in [1.807, 2.05) is 60.7 Å². The second kappa shape index (κ2) is 8.48. The van der Waals surface area contributed by atoms with Crippen LogP contribution in [-0.4, -0.2) is 18.0 Å². The van der Waals surface area contributed by atoms with E-state index in [0.717, 1.165) is 24.0 Å². The number of rotatable bonds is 6. The Balaban J connectivity index is 1.62. The van der Waals surface area contributed by atoms with E-state index < -0.39 is 6.10 Å². The topological polar surface area (TPSA) is 55.4 Å². The number of carbonyl (C=O) groups excluding carboxylic acids is 2. The zero-order valence-electron chi connectivity index (χ0n) is 14.9. The van der Waals surface area contributed by atoms with Gasteiger partial charge < -0.3 is 10.1 Å². The van der Waals surface area contributed by atoms with E-state index in [2.05, 4.69) is 11.4 Å². The number of anilines is 1. The molecule has 2 aromatic rings. The van der Waals surface area contributed by atoms with Crippen molar-refractivity contribution < 1.29 is 14.3 Å². The van der Waals surface area contributed by atoms with Gasteiger partial charge in [-0.05, 0) is 37.3 Å². The normalized spacial score (nSPS) is 16.9. The van der Waals surface area contributed by atoms with Crippen LogP contribution in [0.5, 0.6) is 0 Å². The first-order chi connectivity index (χ1) is 12.6. The van der Waals surface area contributed by atoms with Crippen molar-refractivity contribution in [2.24, 2.45) is 5.92 Å². The number of nitrogens with one attached hydrogen (secondary N) is 1. The van der Waals surface area contributed by atoms with Crippen LogP contribution in [0.3, 0.4) is 0 Å². The van der Waals surface area contributed by atoms with E-state index >= 15 is 0 Å². The van der Waals surface area contributed by atoms with Gasteiger partial charge >= 0.3 is 5.97 Å². The molecule has 0 heterocycles. The van der Waals surface area contributed by atoms with Crippen molar-refractivity contribution in [3.05, 3.63) is 66.7 Å². The van der Waals surface area contributed by atoms with Crippen LogP contribution in [0.25, 0.3) is 11.1 Å². The van der Waals surface area contributed by atoms with Gasteiger partial charge in [-0.1, -0.05) is 60.7 Å². The Hall–Kier alpha value is -2.88. The molecule has 0 fully saturated rings. The van der Waals surface area contributed by atoms with Crippen LogP contribution in [0.4, 0.5) is 5.69 Å². The lowest BCUT2D eigenvalue weighted by Crippen LogP contribution is -2.30. The summed E-state index contributed by atoms with van der Waals surface area (Å²) in [6.07, 6.45) is 5.59. The minimum atomic E-state index is -0.836. The summed E-state index contributed by atoms with van der Waals surface area (Å²) in [5.74, 6) is -0.430. The Morgan fingerprint density at radius 3 is 2.58 bits per heavy atom. The van der Waals surface area contributed by atoms with Gasteiger partial charge in [0.25, 0.3) is 5.91 Å². The van der Waals surface area contributed by atoms with Crippen molar-refractivity contribution in [3.8, 4) is 11.1 Å². The second-order valence-corrected chi connectivity index (χ2v) is 6.50. The van der Waals surface area contributed by atoms with E-state index in [9.17, 15) is 9.59 Å². The fourth-order valence-electron chi connectivity index (χ4n) is 3.07. The quantitative estimate of drug-likeness (QED) is 0.613. The fraction of sp³-hybridized carbons (Fsp3) is 0.273. The second-order valence-electron chi connectivity index (χ2n) is 6.50. The average molecular weight is 349 g/mol. The molecule has 0 saturated carbocycles. The Bertz CT molecular complexity index is 798. The van der Waals surface area contributed by atoms with Crippen molar-refractivity contribution in [1.29, 1.82) is 0 Å². The molecule has 1 aliphatic carbocycles. The molecule has 134 valence electrons. The molecule has 3 rings (SSSR count). The maximum absolute atomic E-state index is 12.5. The predicted octanol–water partition coefficient (Wildman–Crippen LogP) is 4.58. The molecule has 0 aliphatic heterocycles. The smallest absolute Gasteiger partial charge is 0.307 e. The highest BCUT2D eigenvalue weighted by Crippen LogP contribution is 2.27. The fourth-order valence-corrected chi connectivity index (χ4v) is 3.07. The van der Waals surface area contributed by atoms with Gasteiger partial charge in [-0.2, -0.15) is 0 Å².